The number of hydrogen-bond acceptors (Lipinski definition) is 4. The van der Waals surface area contributed by atoms with Gasteiger partial charge in [0, 0.05) is 19.8 Å². The zero-order chi connectivity index (χ0) is 17.9. The van der Waals surface area contributed by atoms with Crippen molar-refractivity contribution in [2.75, 3.05) is 19.4 Å². The number of anilines is 1. The minimum Gasteiger partial charge on any atom is -0.437 e. The van der Waals surface area contributed by atoms with Gasteiger partial charge >= 0.3 is 12.2 Å². The van der Waals surface area contributed by atoms with Crippen molar-refractivity contribution in [2.45, 2.75) is 6.18 Å². The summed E-state index contributed by atoms with van der Waals surface area (Å²) in [6.45, 7) is 0. The third-order valence-electron chi connectivity index (χ3n) is 2.74. The van der Waals surface area contributed by atoms with Gasteiger partial charge in [-0.25, -0.2) is 4.79 Å². The van der Waals surface area contributed by atoms with Gasteiger partial charge in [-0.05, 0) is 18.2 Å². The highest BCUT2D eigenvalue weighted by molar-refractivity contribution is 6.29. The Balaban J connectivity index is 2.35. The van der Waals surface area contributed by atoms with Gasteiger partial charge in [0.15, 0.2) is 5.15 Å². The Kier molecular flexibility index (Phi) is 5.13. The molecule has 10 heteroatoms. The highest BCUT2D eigenvalue weighted by Gasteiger charge is 2.35. The predicted octanol–water partition coefficient (Wildman–Crippen LogP) is 4.03. The van der Waals surface area contributed by atoms with E-state index in [-0.39, 0.29) is 16.7 Å². The van der Waals surface area contributed by atoms with Crippen LogP contribution in [0.5, 0.6) is 11.6 Å². The third kappa shape index (κ3) is 4.48. The van der Waals surface area contributed by atoms with E-state index in [9.17, 15) is 18.0 Å². The molecule has 1 heterocycles. The topological polar surface area (TPSA) is 67.4 Å². The molecular formula is C14H12ClF3N4O2. The largest absolute Gasteiger partial charge is 0.437 e. The van der Waals surface area contributed by atoms with E-state index in [0.29, 0.717) is 0 Å². The van der Waals surface area contributed by atoms with Crippen molar-refractivity contribution in [1.29, 1.82) is 0 Å². The van der Waals surface area contributed by atoms with Crippen LogP contribution in [0.1, 0.15) is 5.56 Å². The molecule has 0 radical (unpaired) electrons. The second-order valence-electron chi connectivity index (χ2n) is 4.82. The molecule has 0 saturated carbocycles. The predicted molar refractivity (Wildman–Crippen MR) is 81.3 cm³/mol. The number of rotatable bonds is 3. The summed E-state index contributed by atoms with van der Waals surface area (Å²) in [6, 6.07) is 2.58. The van der Waals surface area contributed by atoms with Crippen LogP contribution in [0.25, 0.3) is 0 Å². The van der Waals surface area contributed by atoms with E-state index >= 15 is 0 Å². The van der Waals surface area contributed by atoms with E-state index in [1.54, 1.807) is 0 Å². The van der Waals surface area contributed by atoms with Crippen LogP contribution in [-0.2, 0) is 6.18 Å². The van der Waals surface area contributed by atoms with Crippen LogP contribution in [0.3, 0.4) is 0 Å². The van der Waals surface area contributed by atoms with Gasteiger partial charge in [-0.3, -0.25) is 4.98 Å². The number of urea groups is 1. The molecule has 1 aromatic carbocycles. The SMILES string of the molecule is CN(C)C(=O)Nc1ccc(Oc2cncc(Cl)n2)c(C(F)(F)F)c1. The molecule has 0 unspecified atom stereocenters. The molecule has 24 heavy (non-hydrogen) atoms. The molecule has 0 atom stereocenters. The first-order chi connectivity index (χ1) is 11.2. The number of aromatic nitrogens is 2. The number of alkyl halides is 3. The molecule has 0 aliphatic heterocycles. The summed E-state index contributed by atoms with van der Waals surface area (Å²) in [4.78, 5) is 20.2. The average molecular weight is 361 g/mol. The highest BCUT2D eigenvalue weighted by atomic mass is 35.5. The van der Waals surface area contributed by atoms with Crippen molar-refractivity contribution >= 4 is 23.3 Å². The van der Waals surface area contributed by atoms with Crippen LogP contribution in [0.15, 0.2) is 30.6 Å². The Hall–Kier alpha value is -2.55. The summed E-state index contributed by atoms with van der Waals surface area (Å²) in [7, 11) is 2.94. The third-order valence-corrected chi connectivity index (χ3v) is 2.92. The smallest absolute Gasteiger partial charge is 0.420 e. The van der Waals surface area contributed by atoms with Gasteiger partial charge in [-0.2, -0.15) is 18.2 Å². The number of nitrogens with zero attached hydrogens (tertiary/aromatic N) is 3. The molecule has 0 saturated heterocycles. The zero-order valence-corrected chi connectivity index (χ0v) is 13.3. The second kappa shape index (κ2) is 6.91. The molecule has 2 rings (SSSR count). The molecule has 0 fully saturated rings. The fourth-order valence-electron chi connectivity index (χ4n) is 1.64. The number of hydrogen-bond donors (Lipinski definition) is 1. The fourth-order valence-corrected chi connectivity index (χ4v) is 1.78. The lowest BCUT2D eigenvalue weighted by molar-refractivity contribution is -0.138. The fraction of sp³-hybridized carbons (Fsp3) is 0.214. The maximum Gasteiger partial charge on any atom is 0.420 e. The maximum absolute atomic E-state index is 13.2. The summed E-state index contributed by atoms with van der Waals surface area (Å²) < 4.78 is 44.8. The number of ether oxygens (including phenoxy) is 1. The zero-order valence-electron chi connectivity index (χ0n) is 12.6. The quantitative estimate of drug-likeness (QED) is 0.897. The summed E-state index contributed by atoms with van der Waals surface area (Å²) in [5.74, 6) is -0.667. The Bertz CT molecular complexity index is 753. The molecule has 2 amide bonds. The van der Waals surface area contributed by atoms with E-state index < -0.39 is 23.5 Å². The minimum atomic E-state index is -4.69. The first-order valence-corrected chi connectivity index (χ1v) is 6.89. The van der Waals surface area contributed by atoms with E-state index in [2.05, 4.69) is 15.3 Å². The van der Waals surface area contributed by atoms with Crippen LogP contribution in [0.4, 0.5) is 23.7 Å². The molecule has 0 spiro atoms. The Labute approximate surface area is 140 Å². The van der Waals surface area contributed by atoms with Crippen molar-refractivity contribution in [3.63, 3.8) is 0 Å². The van der Waals surface area contributed by atoms with Gasteiger partial charge in [-0.1, -0.05) is 11.6 Å². The van der Waals surface area contributed by atoms with Crippen molar-refractivity contribution in [3.8, 4) is 11.6 Å². The van der Waals surface area contributed by atoms with Crippen molar-refractivity contribution in [3.05, 3.63) is 41.3 Å². The van der Waals surface area contributed by atoms with Gasteiger partial charge in [0.05, 0.1) is 12.4 Å². The monoisotopic (exact) mass is 360 g/mol. The van der Waals surface area contributed by atoms with E-state index in [1.807, 2.05) is 0 Å². The Morgan fingerprint density at radius 3 is 2.58 bits per heavy atom. The lowest BCUT2D eigenvalue weighted by atomic mass is 10.1. The lowest BCUT2D eigenvalue weighted by Gasteiger charge is -2.16. The molecule has 0 aliphatic rings. The maximum atomic E-state index is 13.2. The van der Waals surface area contributed by atoms with Gasteiger partial charge in [0.2, 0.25) is 5.88 Å². The van der Waals surface area contributed by atoms with Crippen molar-refractivity contribution < 1.29 is 22.7 Å². The first-order valence-electron chi connectivity index (χ1n) is 6.52. The van der Waals surface area contributed by atoms with Crippen LogP contribution < -0.4 is 10.1 Å². The second-order valence-corrected chi connectivity index (χ2v) is 5.20. The molecular weight excluding hydrogens is 349 g/mol. The number of benzene rings is 1. The van der Waals surface area contributed by atoms with Crippen LogP contribution >= 0.6 is 11.6 Å². The molecule has 128 valence electrons. The number of nitrogens with one attached hydrogen (secondary N) is 1. The van der Waals surface area contributed by atoms with Crippen molar-refractivity contribution in [1.82, 2.24) is 14.9 Å². The van der Waals surface area contributed by atoms with Crippen LogP contribution in [0.2, 0.25) is 5.15 Å². The molecule has 0 bridgehead atoms. The van der Waals surface area contributed by atoms with Crippen LogP contribution in [0, 0.1) is 0 Å². The summed E-state index contributed by atoms with van der Waals surface area (Å²) >= 11 is 5.62. The van der Waals surface area contributed by atoms with E-state index in [4.69, 9.17) is 16.3 Å². The van der Waals surface area contributed by atoms with Gasteiger partial charge in [0.25, 0.3) is 0 Å². The summed E-state index contributed by atoms with van der Waals surface area (Å²) in [5.41, 5.74) is -1.09. The first kappa shape index (κ1) is 17.8. The number of carbonyl (C=O) groups excluding carboxylic acids is 1. The summed E-state index contributed by atoms with van der Waals surface area (Å²) in [6.07, 6.45) is -2.34. The molecule has 0 aliphatic carbocycles. The van der Waals surface area contributed by atoms with E-state index in [1.165, 1.54) is 31.3 Å². The lowest BCUT2D eigenvalue weighted by Crippen LogP contribution is -2.27. The molecule has 2 aromatic rings. The van der Waals surface area contributed by atoms with Gasteiger partial charge < -0.3 is 15.0 Å². The Morgan fingerprint density at radius 1 is 1.29 bits per heavy atom. The molecule has 1 N–H and O–H groups in total. The number of carbonyl (C=O) groups is 1. The van der Waals surface area contributed by atoms with Gasteiger partial charge in [-0.15, -0.1) is 0 Å². The van der Waals surface area contributed by atoms with E-state index in [0.717, 1.165) is 18.3 Å². The number of amides is 2. The van der Waals surface area contributed by atoms with Crippen LogP contribution in [-0.4, -0.2) is 35.0 Å². The highest BCUT2D eigenvalue weighted by Crippen LogP contribution is 2.39. The van der Waals surface area contributed by atoms with Gasteiger partial charge in [0.1, 0.15) is 11.3 Å². The summed E-state index contributed by atoms with van der Waals surface area (Å²) in [5, 5.41) is 2.32. The van der Waals surface area contributed by atoms with Crippen molar-refractivity contribution in [2.24, 2.45) is 0 Å². The minimum absolute atomic E-state index is 0.0177. The average Bonchev–Trinajstić information content (AvgIpc) is 2.47. The molecule has 6 nitrogen and oxygen atoms in total. The number of halogens is 4. The standard InChI is InChI=1S/C14H12ClF3N4O2/c1-22(2)13(23)20-8-3-4-10(9(5-8)14(16,17)18)24-12-7-19-6-11(15)21-12/h3-7H,1-2H3,(H,20,23). The Morgan fingerprint density at radius 2 is 2.00 bits per heavy atom. The molecule has 1 aromatic heterocycles. The normalized spacial score (nSPS) is 11.1.